The van der Waals surface area contributed by atoms with Gasteiger partial charge in [-0.15, -0.1) is 5.10 Å². The first-order chi connectivity index (χ1) is 11.3. The Balaban J connectivity index is 1.98. The molecule has 3 aromatic rings. The minimum absolute atomic E-state index is 0.322. The standard InChI is InChI=1S/C18H17N3O2/c1-2-23-18(22)17(15-11-7-4-8-12-15)21-13-16(19-20-21)14-9-5-3-6-10-14/h3-13,17H,2H2,1H3. The average Bonchev–Trinajstić information content (AvgIpc) is 3.07. The molecule has 0 saturated heterocycles. The van der Waals surface area contributed by atoms with Gasteiger partial charge in [0.1, 0.15) is 5.69 Å². The number of hydrogen-bond donors (Lipinski definition) is 0. The molecule has 0 aliphatic carbocycles. The Morgan fingerprint density at radius 2 is 1.74 bits per heavy atom. The van der Waals surface area contributed by atoms with Gasteiger partial charge in [0.05, 0.1) is 12.8 Å². The highest BCUT2D eigenvalue weighted by Gasteiger charge is 2.25. The summed E-state index contributed by atoms with van der Waals surface area (Å²) in [5, 5.41) is 8.32. The highest BCUT2D eigenvalue weighted by molar-refractivity contribution is 5.78. The Morgan fingerprint density at radius 1 is 1.09 bits per heavy atom. The molecular weight excluding hydrogens is 290 g/mol. The van der Waals surface area contributed by atoms with Crippen molar-refractivity contribution in [1.82, 2.24) is 15.0 Å². The van der Waals surface area contributed by atoms with E-state index >= 15 is 0 Å². The predicted molar refractivity (Wildman–Crippen MR) is 86.7 cm³/mol. The maximum atomic E-state index is 12.4. The number of carbonyl (C=O) groups is 1. The second kappa shape index (κ2) is 6.87. The molecule has 0 aliphatic heterocycles. The number of carbonyl (C=O) groups excluding carboxylic acids is 1. The maximum absolute atomic E-state index is 12.4. The van der Waals surface area contributed by atoms with Gasteiger partial charge >= 0.3 is 5.97 Å². The minimum atomic E-state index is -0.638. The summed E-state index contributed by atoms with van der Waals surface area (Å²) in [6, 6.07) is 18.5. The predicted octanol–water partition coefficient (Wildman–Crippen LogP) is 3.10. The summed E-state index contributed by atoms with van der Waals surface area (Å²) in [5.41, 5.74) is 2.49. The van der Waals surface area contributed by atoms with Crippen molar-refractivity contribution in [3.05, 3.63) is 72.4 Å². The van der Waals surface area contributed by atoms with Gasteiger partial charge in [-0.1, -0.05) is 65.9 Å². The van der Waals surface area contributed by atoms with Gasteiger partial charge in [-0.2, -0.15) is 0 Å². The van der Waals surface area contributed by atoms with Crippen LogP contribution in [0.5, 0.6) is 0 Å². The fourth-order valence-electron chi connectivity index (χ4n) is 2.40. The minimum Gasteiger partial charge on any atom is -0.464 e. The van der Waals surface area contributed by atoms with Crippen LogP contribution in [0, 0.1) is 0 Å². The number of ether oxygens (including phenoxy) is 1. The van der Waals surface area contributed by atoms with Crippen LogP contribution in [0.3, 0.4) is 0 Å². The summed E-state index contributed by atoms with van der Waals surface area (Å²) in [4.78, 5) is 12.4. The van der Waals surface area contributed by atoms with E-state index < -0.39 is 6.04 Å². The SMILES string of the molecule is CCOC(=O)C(c1ccccc1)n1cc(-c2ccccc2)nn1. The number of esters is 1. The van der Waals surface area contributed by atoms with E-state index in [4.69, 9.17) is 4.74 Å². The van der Waals surface area contributed by atoms with E-state index in [9.17, 15) is 4.79 Å². The number of nitrogens with zero attached hydrogens (tertiary/aromatic N) is 3. The number of benzene rings is 2. The van der Waals surface area contributed by atoms with Crippen LogP contribution in [-0.4, -0.2) is 27.6 Å². The van der Waals surface area contributed by atoms with Gasteiger partial charge < -0.3 is 4.74 Å². The second-order valence-electron chi connectivity index (χ2n) is 5.02. The zero-order chi connectivity index (χ0) is 16.1. The third-order valence-electron chi connectivity index (χ3n) is 3.47. The van der Waals surface area contributed by atoms with Crippen LogP contribution < -0.4 is 0 Å². The molecule has 23 heavy (non-hydrogen) atoms. The summed E-state index contributed by atoms with van der Waals surface area (Å²) >= 11 is 0. The lowest BCUT2D eigenvalue weighted by atomic mass is 10.1. The molecule has 0 bridgehead atoms. The molecule has 3 rings (SSSR count). The molecule has 0 N–H and O–H groups in total. The van der Waals surface area contributed by atoms with E-state index in [0.717, 1.165) is 16.8 Å². The molecule has 1 unspecified atom stereocenters. The van der Waals surface area contributed by atoms with Crippen LogP contribution in [0.15, 0.2) is 66.9 Å². The molecule has 2 aromatic carbocycles. The van der Waals surface area contributed by atoms with Gasteiger partial charge in [-0.05, 0) is 12.5 Å². The Labute approximate surface area is 134 Å². The van der Waals surface area contributed by atoms with E-state index in [-0.39, 0.29) is 5.97 Å². The molecule has 0 amide bonds. The van der Waals surface area contributed by atoms with Crippen LogP contribution in [0.2, 0.25) is 0 Å². The summed E-state index contributed by atoms with van der Waals surface area (Å²) in [7, 11) is 0. The number of hydrogen-bond acceptors (Lipinski definition) is 4. The molecule has 1 heterocycles. The van der Waals surface area contributed by atoms with Crippen molar-refractivity contribution in [2.24, 2.45) is 0 Å². The molecular formula is C18H17N3O2. The van der Waals surface area contributed by atoms with E-state index in [2.05, 4.69) is 10.3 Å². The average molecular weight is 307 g/mol. The topological polar surface area (TPSA) is 57.0 Å². The molecule has 0 spiro atoms. The van der Waals surface area contributed by atoms with Gasteiger partial charge in [0.25, 0.3) is 0 Å². The summed E-state index contributed by atoms with van der Waals surface area (Å²) in [6.07, 6.45) is 1.77. The first-order valence-corrected chi connectivity index (χ1v) is 7.48. The number of rotatable bonds is 5. The van der Waals surface area contributed by atoms with Crippen molar-refractivity contribution < 1.29 is 9.53 Å². The number of aromatic nitrogens is 3. The van der Waals surface area contributed by atoms with E-state index in [1.807, 2.05) is 60.7 Å². The van der Waals surface area contributed by atoms with Gasteiger partial charge in [-0.3, -0.25) is 0 Å². The Morgan fingerprint density at radius 3 is 2.39 bits per heavy atom. The fraction of sp³-hybridized carbons (Fsp3) is 0.167. The molecule has 1 atom stereocenters. The van der Waals surface area contributed by atoms with Crippen LogP contribution >= 0.6 is 0 Å². The van der Waals surface area contributed by atoms with Crippen molar-refractivity contribution >= 4 is 5.97 Å². The first kappa shape index (κ1) is 15.0. The lowest BCUT2D eigenvalue weighted by molar-refractivity contribution is -0.146. The van der Waals surface area contributed by atoms with Gasteiger partial charge in [0, 0.05) is 5.56 Å². The van der Waals surface area contributed by atoms with E-state index in [1.165, 1.54) is 0 Å². The second-order valence-corrected chi connectivity index (χ2v) is 5.02. The lowest BCUT2D eigenvalue weighted by Gasteiger charge is -2.15. The summed E-state index contributed by atoms with van der Waals surface area (Å²) in [6.45, 7) is 2.11. The zero-order valence-corrected chi connectivity index (χ0v) is 12.8. The van der Waals surface area contributed by atoms with Crippen molar-refractivity contribution in [1.29, 1.82) is 0 Å². The van der Waals surface area contributed by atoms with Crippen LogP contribution in [0.4, 0.5) is 0 Å². The monoisotopic (exact) mass is 307 g/mol. The van der Waals surface area contributed by atoms with Crippen LogP contribution in [0.1, 0.15) is 18.5 Å². The van der Waals surface area contributed by atoms with Crippen molar-refractivity contribution in [2.45, 2.75) is 13.0 Å². The van der Waals surface area contributed by atoms with Gasteiger partial charge in [0.15, 0.2) is 6.04 Å². The van der Waals surface area contributed by atoms with Gasteiger partial charge in [0.2, 0.25) is 0 Å². The smallest absolute Gasteiger partial charge is 0.335 e. The fourth-order valence-corrected chi connectivity index (χ4v) is 2.40. The molecule has 5 heteroatoms. The zero-order valence-electron chi connectivity index (χ0n) is 12.8. The Bertz CT molecular complexity index is 769. The Kier molecular flexibility index (Phi) is 4.47. The summed E-state index contributed by atoms with van der Waals surface area (Å²) < 4.78 is 6.75. The van der Waals surface area contributed by atoms with Crippen molar-refractivity contribution in [2.75, 3.05) is 6.61 Å². The quantitative estimate of drug-likeness (QED) is 0.680. The molecule has 5 nitrogen and oxygen atoms in total. The first-order valence-electron chi connectivity index (χ1n) is 7.48. The van der Waals surface area contributed by atoms with Crippen LogP contribution in [0.25, 0.3) is 11.3 Å². The Hall–Kier alpha value is -2.95. The molecule has 0 saturated carbocycles. The lowest BCUT2D eigenvalue weighted by Crippen LogP contribution is -2.23. The van der Waals surface area contributed by atoms with Crippen molar-refractivity contribution in [3.63, 3.8) is 0 Å². The summed E-state index contributed by atoms with van der Waals surface area (Å²) in [5.74, 6) is -0.344. The molecule has 1 aromatic heterocycles. The van der Waals surface area contributed by atoms with Crippen molar-refractivity contribution in [3.8, 4) is 11.3 Å². The third-order valence-corrected chi connectivity index (χ3v) is 3.47. The molecule has 0 aliphatic rings. The third kappa shape index (κ3) is 3.29. The highest BCUT2D eigenvalue weighted by Crippen LogP contribution is 2.22. The molecule has 0 radical (unpaired) electrons. The van der Waals surface area contributed by atoms with Gasteiger partial charge in [-0.25, -0.2) is 9.48 Å². The highest BCUT2D eigenvalue weighted by atomic mass is 16.5. The van der Waals surface area contributed by atoms with E-state index in [1.54, 1.807) is 17.8 Å². The maximum Gasteiger partial charge on any atom is 0.335 e. The normalized spacial score (nSPS) is 11.9. The van der Waals surface area contributed by atoms with E-state index in [0.29, 0.717) is 6.61 Å². The van der Waals surface area contributed by atoms with Crippen LogP contribution in [-0.2, 0) is 9.53 Å². The molecule has 0 fully saturated rings. The largest absolute Gasteiger partial charge is 0.464 e. The molecule has 116 valence electrons.